The second-order valence-electron chi connectivity index (χ2n) is 5.79. The minimum Gasteiger partial charge on any atom is -0.399 e. The fourth-order valence-electron chi connectivity index (χ4n) is 2.55. The minimum absolute atomic E-state index is 0.252. The van der Waals surface area contributed by atoms with Gasteiger partial charge in [-0.1, -0.05) is 35.9 Å². The van der Waals surface area contributed by atoms with E-state index in [0.29, 0.717) is 11.6 Å². The summed E-state index contributed by atoms with van der Waals surface area (Å²) >= 11 is 6.02. The second kappa shape index (κ2) is 6.49. The van der Waals surface area contributed by atoms with Crippen molar-refractivity contribution < 1.29 is 0 Å². The van der Waals surface area contributed by atoms with Crippen molar-refractivity contribution >= 4 is 17.3 Å². The Balaban J connectivity index is 1.88. The lowest BCUT2D eigenvalue weighted by molar-refractivity contribution is 0.528. The molecule has 0 saturated carbocycles. The van der Waals surface area contributed by atoms with Crippen LogP contribution in [0.5, 0.6) is 0 Å². The van der Waals surface area contributed by atoms with E-state index < -0.39 is 0 Å². The van der Waals surface area contributed by atoms with Crippen LogP contribution in [0.3, 0.4) is 0 Å². The maximum Gasteiger partial charge on any atom is 0.364 e. The Morgan fingerprint density at radius 1 is 1.21 bits per heavy atom. The van der Waals surface area contributed by atoms with Gasteiger partial charge in [0, 0.05) is 10.7 Å². The van der Waals surface area contributed by atoms with E-state index in [1.165, 1.54) is 9.36 Å². The van der Waals surface area contributed by atoms with Crippen molar-refractivity contribution in [3.63, 3.8) is 0 Å². The van der Waals surface area contributed by atoms with Crippen LogP contribution in [0, 0.1) is 6.92 Å². The third-order valence-corrected chi connectivity index (χ3v) is 4.26. The number of hydrogen-bond acceptors (Lipinski definition) is 4. The zero-order valence-corrected chi connectivity index (χ0v) is 14.2. The van der Waals surface area contributed by atoms with Crippen molar-refractivity contribution in [3.8, 4) is 0 Å². The van der Waals surface area contributed by atoms with Gasteiger partial charge in [-0.3, -0.25) is 0 Å². The molecule has 0 spiro atoms. The molecule has 0 saturated heterocycles. The van der Waals surface area contributed by atoms with Crippen LogP contribution < -0.4 is 11.4 Å². The van der Waals surface area contributed by atoms with Gasteiger partial charge in [-0.05, 0) is 59.2 Å². The molecule has 1 aromatic heterocycles. The average molecular weight is 344 g/mol. The first-order valence-corrected chi connectivity index (χ1v) is 7.96. The third-order valence-electron chi connectivity index (χ3n) is 4.03. The number of anilines is 1. The van der Waals surface area contributed by atoms with Crippen LogP contribution in [-0.2, 0) is 6.54 Å². The fourth-order valence-corrected chi connectivity index (χ4v) is 2.74. The number of nitrogens with two attached hydrogens (primary N) is 1. The first kappa shape index (κ1) is 16.3. The molecule has 3 aromatic rings. The topological polar surface area (TPSA) is 78.7 Å². The van der Waals surface area contributed by atoms with Crippen LogP contribution in [0.15, 0.2) is 47.3 Å². The molecule has 7 heteroatoms. The van der Waals surface area contributed by atoms with Gasteiger partial charge in [0.05, 0.1) is 12.6 Å². The first-order valence-electron chi connectivity index (χ1n) is 7.58. The number of nitrogen functional groups attached to an aromatic ring is 1. The summed E-state index contributed by atoms with van der Waals surface area (Å²) in [6.07, 6.45) is 0. The van der Waals surface area contributed by atoms with E-state index in [1.807, 2.05) is 50.2 Å². The van der Waals surface area contributed by atoms with E-state index >= 15 is 0 Å². The smallest absolute Gasteiger partial charge is 0.364 e. The van der Waals surface area contributed by atoms with Crippen LogP contribution in [0.4, 0.5) is 5.69 Å². The zero-order chi connectivity index (χ0) is 17.3. The molecule has 0 aliphatic carbocycles. The van der Waals surface area contributed by atoms with Gasteiger partial charge in [0.15, 0.2) is 0 Å². The molecule has 0 fully saturated rings. The SMILES string of the molecule is Cc1cc(Cn2nnn(C(C)c3cccc(Cl)c3)c2=O)ccc1N. The molecule has 2 N–H and O–H groups in total. The maximum atomic E-state index is 12.6. The van der Waals surface area contributed by atoms with E-state index in [9.17, 15) is 4.79 Å². The van der Waals surface area contributed by atoms with Gasteiger partial charge in [0.1, 0.15) is 0 Å². The summed E-state index contributed by atoms with van der Waals surface area (Å²) in [5.74, 6) is 0. The van der Waals surface area contributed by atoms with Crippen molar-refractivity contribution in [1.82, 2.24) is 19.8 Å². The van der Waals surface area contributed by atoms with Crippen LogP contribution in [0.2, 0.25) is 5.02 Å². The first-order chi connectivity index (χ1) is 11.5. The largest absolute Gasteiger partial charge is 0.399 e. The van der Waals surface area contributed by atoms with Crippen LogP contribution >= 0.6 is 11.6 Å². The predicted molar refractivity (Wildman–Crippen MR) is 94.2 cm³/mol. The van der Waals surface area contributed by atoms with E-state index in [0.717, 1.165) is 22.4 Å². The lowest BCUT2D eigenvalue weighted by atomic mass is 10.1. The lowest BCUT2D eigenvalue weighted by Gasteiger charge is -2.10. The Morgan fingerprint density at radius 3 is 2.71 bits per heavy atom. The van der Waals surface area contributed by atoms with Crippen LogP contribution in [-0.4, -0.2) is 19.8 Å². The summed E-state index contributed by atoms with van der Waals surface area (Å²) in [6, 6.07) is 12.8. The molecule has 124 valence electrons. The molecule has 1 unspecified atom stereocenters. The van der Waals surface area contributed by atoms with Crippen molar-refractivity contribution in [1.29, 1.82) is 0 Å². The molecular formula is C17H18ClN5O. The molecule has 0 amide bonds. The Kier molecular flexibility index (Phi) is 4.40. The fraction of sp³-hybridized carbons (Fsp3) is 0.235. The Morgan fingerprint density at radius 2 is 2.00 bits per heavy atom. The Bertz CT molecular complexity index is 931. The summed E-state index contributed by atoms with van der Waals surface area (Å²) in [4.78, 5) is 12.6. The van der Waals surface area contributed by atoms with E-state index in [2.05, 4.69) is 10.4 Å². The number of hydrogen-bond donors (Lipinski definition) is 1. The van der Waals surface area contributed by atoms with Gasteiger partial charge in [-0.2, -0.15) is 9.36 Å². The maximum absolute atomic E-state index is 12.6. The number of aryl methyl sites for hydroxylation is 1. The van der Waals surface area contributed by atoms with Gasteiger partial charge in [-0.25, -0.2) is 4.79 Å². The highest BCUT2D eigenvalue weighted by Crippen LogP contribution is 2.19. The minimum atomic E-state index is -0.267. The van der Waals surface area contributed by atoms with Gasteiger partial charge >= 0.3 is 5.69 Å². The number of nitrogens with zero attached hydrogens (tertiary/aromatic N) is 4. The van der Waals surface area contributed by atoms with Crippen LogP contribution in [0.1, 0.15) is 29.7 Å². The van der Waals surface area contributed by atoms with Gasteiger partial charge < -0.3 is 5.73 Å². The molecule has 0 aliphatic rings. The number of rotatable bonds is 4. The average Bonchev–Trinajstić information content (AvgIpc) is 2.91. The molecule has 3 rings (SSSR count). The third kappa shape index (κ3) is 3.19. The van der Waals surface area contributed by atoms with Crippen molar-refractivity contribution in [3.05, 3.63) is 74.7 Å². The summed E-state index contributed by atoms with van der Waals surface area (Å²) in [7, 11) is 0. The zero-order valence-electron chi connectivity index (χ0n) is 13.5. The van der Waals surface area contributed by atoms with Crippen molar-refractivity contribution in [2.24, 2.45) is 0 Å². The van der Waals surface area contributed by atoms with Gasteiger partial charge in [0.25, 0.3) is 0 Å². The van der Waals surface area contributed by atoms with Gasteiger partial charge in [0.2, 0.25) is 0 Å². The highest BCUT2D eigenvalue weighted by atomic mass is 35.5. The van der Waals surface area contributed by atoms with E-state index in [-0.39, 0.29) is 11.7 Å². The lowest BCUT2D eigenvalue weighted by Crippen LogP contribution is -2.28. The van der Waals surface area contributed by atoms with Crippen LogP contribution in [0.25, 0.3) is 0 Å². The molecule has 0 radical (unpaired) electrons. The molecule has 2 aromatic carbocycles. The van der Waals surface area contributed by atoms with Crippen molar-refractivity contribution in [2.45, 2.75) is 26.4 Å². The normalized spacial score (nSPS) is 12.3. The monoisotopic (exact) mass is 343 g/mol. The van der Waals surface area contributed by atoms with Gasteiger partial charge in [-0.15, -0.1) is 0 Å². The summed E-state index contributed by atoms with van der Waals surface area (Å²) in [5.41, 5.74) is 9.11. The molecule has 24 heavy (non-hydrogen) atoms. The summed E-state index contributed by atoms with van der Waals surface area (Å²) in [5, 5.41) is 8.61. The molecule has 1 heterocycles. The molecule has 1 atom stereocenters. The molecule has 0 aliphatic heterocycles. The standard InChI is InChI=1S/C17H18ClN5O/c1-11-8-13(6-7-16(11)19)10-22-17(24)23(21-20-22)12(2)14-4-3-5-15(18)9-14/h3-9,12H,10,19H2,1-2H3. The number of benzene rings is 2. The Labute approximate surface area is 144 Å². The van der Waals surface area contributed by atoms with E-state index in [1.54, 1.807) is 6.07 Å². The van der Waals surface area contributed by atoms with Crippen molar-refractivity contribution in [2.75, 3.05) is 5.73 Å². The number of tetrazole rings is 1. The number of aromatic nitrogens is 4. The highest BCUT2D eigenvalue weighted by molar-refractivity contribution is 6.30. The Hall–Kier alpha value is -2.60. The molecule has 0 bridgehead atoms. The number of halogens is 1. The quantitative estimate of drug-likeness (QED) is 0.738. The van der Waals surface area contributed by atoms with E-state index in [4.69, 9.17) is 17.3 Å². The second-order valence-corrected chi connectivity index (χ2v) is 6.22. The summed E-state index contributed by atoms with van der Waals surface area (Å²) in [6.45, 7) is 4.17. The molecule has 6 nitrogen and oxygen atoms in total. The summed E-state index contributed by atoms with van der Waals surface area (Å²) < 4.78 is 2.70. The highest BCUT2D eigenvalue weighted by Gasteiger charge is 2.15. The molecular weight excluding hydrogens is 326 g/mol. The predicted octanol–water partition coefficient (Wildman–Crippen LogP) is 2.64.